The van der Waals surface area contributed by atoms with Crippen LogP contribution in [0.25, 0.3) is 0 Å². The van der Waals surface area contributed by atoms with Crippen LogP contribution in [0.15, 0.2) is 54.6 Å². The van der Waals surface area contributed by atoms with Crippen LogP contribution in [0, 0.1) is 0 Å². The van der Waals surface area contributed by atoms with Crippen molar-refractivity contribution in [3.63, 3.8) is 0 Å². The summed E-state index contributed by atoms with van der Waals surface area (Å²) in [7, 11) is 0. The molecule has 0 aliphatic heterocycles. The normalized spacial score (nSPS) is 12.9. The number of rotatable bonds is 6. The van der Waals surface area contributed by atoms with E-state index < -0.39 is 0 Å². The fourth-order valence-corrected chi connectivity index (χ4v) is 5.60. The van der Waals surface area contributed by atoms with Crippen molar-refractivity contribution in [3.8, 4) is 0 Å². The minimum Gasteiger partial charge on any atom is -0.462 e. The standard InChI is InChI=1S/C26H26N2O3S2/c1-2-31-25(30)22-19-14-7-4-8-16-21(19)33-24(22)28-26(32)27-20-15-10-9-13-18(20)23(29)17-11-5-3-6-12-17/h3,5-6,9-13,15H,2,4,7-8,14,16H2,1H3,(H2,27,28,32). The molecule has 0 bridgehead atoms. The molecule has 170 valence electrons. The van der Waals surface area contributed by atoms with Crippen LogP contribution >= 0.6 is 23.6 Å². The Morgan fingerprint density at radius 2 is 1.70 bits per heavy atom. The van der Waals surface area contributed by atoms with E-state index in [-0.39, 0.29) is 11.8 Å². The number of fused-ring (bicyclic) bond motifs is 1. The SMILES string of the molecule is CCOC(=O)c1c(NC(=S)Nc2ccccc2C(=O)c2ccccc2)sc2c1CCCCC2. The smallest absolute Gasteiger partial charge is 0.341 e. The molecule has 0 spiro atoms. The maximum atomic E-state index is 13.0. The number of thiophene rings is 1. The van der Waals surface area contributed by atoms with E-state index in [1.807, 2.05) is 43.3 Å². The molecule has 1 aliphatic carbocycles. The minimum atomic E-state index is -0.318. The van der Waals surface area contributed by atoms with Crippen LogP contribution < -0.4 is 10.6 Å². The van der Waals surface area contributed by atoms with Crippen LogP contribution in [0.4, 0.5) is 10.7 Å². The summed E-state index contributed by atoms with van der Waals surface area (Å²) in [4.78, 5) is 27.0. The van der Waals surface area contributed by atoms with Crippen molar-refractivity contribution >= 4 is 51.1 Å². The minimum absolute atomic E-state index is 0.0865. The molecule has 0 amide bonds. The van der Waals surface area contributed by atoms with Gasteiger partial charge in [-0.1, -0.05) is 48.9 Å². The van der Waals surface area contributed by atoms with E-state index in [4.69, 9.17) is 17.0 Å². The average Bonchev–Trinajstić information content (AvgIpc) is 2.99. The molecule has 0 radical (unpaired) electrons. The van der Waals surface area contributed by atoms with Gasteiger partial charge >= 0.3 is 5.97 Å². The fraction of sp³-hybridized carbons (Fsp3) is 0.269. The highest BCUT2D eigenvalue weighted by Gasteiger charge is 2.26. The molecule has 7 heteroatoms. The van der Waals surface area contributed by atoms with Crippen molar-refractivity contribution in [1.29, 1.82) is 0 Å². The van der Waals surface area contributed by atoms with Crippen LogP contribution in [0.3, 0.4) is 0 Å². The number of esters is 1. The van der Waals surface area contributed by atoms with Crippen molar-refractivity contribution in [2.75, 3.05) is 17.2 Å². The quantitative estimate of drug-likeness (QED) is 0.189. The third-order valence-corrected chi connectivity index (χ3v) is 7.00. The van der Waals surface area contributed by atoms with Crippen molar-refractivity contribution in [2.45, 2.75) is 39.0 Å². The summed E-state index contributed by atoms with van der Waals surface area (Å²) in [6, 6.07) is 16.4. The molecule has 33 heavy (non-hydrogen) atoms. The van der Waals surface area contributed by atoms with E-state index in [1.54, 1.807) is 29.5 Å². The largest absolute Gasteiger partial charge is 0.462 e. The maximum absolute atomic E-state index is 13.0. The first-order valence-corrected chi connectivity index (χ1v) is 12.4. The van der Waals surface area contributed by atoms with Crippen LogP contribution in [0.1, 0.15) is 62.9 Å². The van der Waals surface area contributed by atoms with E-state index in [2.05, 4.69) is 10.6 Å². The molecular formula is C26H26N2O3S2. The Morgan fingerprint density at radius 3 is 2.48 bits per heavy atom. The number of anilines is 2. The summed E-state index contributed by atoms with van der Waals surface area (Å²) in [5.74, 6) is -0.404. The lowest BCUT2D eigenvalue weighted by atomic mass is 10.0. The van der Waals surface area contributed by atoms with Gasteiger partial charge in [0, 0.05) is 16.0 Å². The van der Waals surface area contributed by atoms with Crippen molar-refractivity contribution in [1.82, 2.24) is 0 Å². The molecule has 0 saturated carbocycles. The van der Waals surface area contributed by atoms with E-state index in [9.17, 15) is 9.59 Å². The van der Waals surface area contributed by atoms with Gasteiger partial charge in [-0.3, -0.25) is 4.79 Å². The van der Waals surface area contributed by atoms with Gasteiger partial charge in [0.05, 0.1) is 17.9 Å². The number of hydrogen-bond acceptors (Lipinski definition) is 5. The fourth-order valence-electron chi connectivity index (χ4n) is 4.04. The van der Waals surface area contributed by atoms with Gasteiger partial charge in [0.2, 0.25) is 0 Å². The summed E-state index contributed by atoms with van der Waals surface area (Å²) >= 11 is 7.15. The van der Waals surface area contributed by atoms with Gasteiger partial charge in [0.15, 0.2) is 10.9 Å². The lowest BCUT2D eigenvalue weighted by molar-refractivity contribution is 0.0526. The van der Waals surface area contributed by atoms with Gasteiger partial charge < -0.3 is 15.4 Å². The highest BCUT2D eigenvalue weighted by molar-refractivity contribution is 7.80. The summed E-state index contributed by atoms with van der Waals surface area (Å²) in [5, 5.41) is 7.39. The number of benzene rings is 2. The molecule has 2 aromatic carbocycles. The molecule has 0 fully saturated rings. The Morgan fingerprint density at radius 1 is 0.970 bits per heavy atom. The van der Waals surface area contributed by atoms with Crippen LogP contribution in [0.2, 0.25) is 0 Å². The second kappa shape index (κ2) is 10.7. The van der Waals surface area contributed by atoms with Crippen LogP contribution in [-0.4, -0.2) is 23.5 Å². The topological polar surface area (TPSA) is 67.4 Å². The molecule has 2 N–H and O–H groups in total. The van der Waals surface area contributed by atoms with Gasteiger partial charge in [0.25, 0.3) is 0 Å². The lowest BCUT2D eigenvalue weighted by Crippen LogP contribution is -2.22. The van der Waals surface area contributed by atoms with E-state index in [0.717, 1.165) is 31.2 Å². The van der Waals surface area contributed by atoms with Gasteiger partial charge in [-0.05, 0) is 62.5 Å². The second-order valence-corrected chi connectivity index (χ2v) is 9.32. The number of thiocarbonyl (C=S) groups is 1. The number of para-hydroxylation sites is 1. The Labute approximate surface area is 203 Å². The summed E-state index contributed by atoms with van der Waals surface area (Å²) in [5.41, 5.74) is 3.43. The van der Waals surface area contributed by atoms with Crippen LogP contribution in [0.5, 0.6) is 0 Å². The highest BCUT2D eigenvalue weighted by Crippen LogP contribution is 2.38. The molecule has 1 aromatic heterocycles. The first kappa shape index (κ1) is 23.1. The monoisotopic (exact) mass is 478 g/mol. The number of nitrogens with one attached hydrogen (secondary N) is 2. The van der Waals surface area contributed by atoms with Crippen LogP contribution in [-0.2, 0) is 17.6 Å². The zero-order chi connectivity index (χ0) is 23.2. The van der Waals surface area contributed by atoms with Gasteiger partial charge in [-0.25, -0.2) is 4.79 Å². The molecule has 3 aromatic rings. The molecule has 5 nitrogen and oxygen atoms in total. The van der Waals surface area contributed by atoms with Gasteiger partial charge in [0.1, 0.15) is 5.00 Å². The van der Waals surface area contributed by atoms with Crippen molar-refractivity contribution in [2.24, 2.45) is 0 Å². The number of aryl methyl sites for hydroxylation is 1. The molecular weight excluding hydrogens is 452 g/mol. The van der Waals surface area contributed by atoms with E-state index in [1.165, 1.54) is 11.3 Å². The Balaban J connectivity index is 1.58. The highest BCUT2D eigenvalue weighted by atomic mass is 32.1. The lowest BCUT2D eigenvalue weighted by Gasteiger charge is -2.14. The predicted molar refractivity (Wildman–Crippen MR) is 138 cm³/mol. The van der Waals surface area contributed by atoms with Crippen molar-refractivity contribution in [3.05, 3.63) is 81.7 Å². The number of carbonyl (C=O) groups is 2. The third-order valence-electron chi connectivity index (χ3n) is 5.58. The summed E-state index contributed by atoms with van der Waals surface area (Å²) in [6.45, 7) is 2.13. The zero-order valence-corrected chi connectivity index (χ0v) is 20.1. The maximum Gasteiger partial charge on any atom is 0.341 e. The molecule has 1 heterocycles. The predicted octanol–water partition coefficient (Wildman–Crippen LogP) is 6.23. The molecule has 0 unspecified atom stereocenters. The van der Waals surface area contributed by atoms with Gasteiger partial charge in [-0.15, -0.1) is 11.3 Å². The number of ether oxygens (including phenoxy) is 1. The zero-order valence-electron chi connectivity index (χ0n) is 18.5. The Kier molecular flexibility index (Phi) is 7.52. The number of hydrogen-bond donors (Lipinski definition) is 2. The molecule has 0 saturated heterocycles. The molecule has 1 aliphatic rings. The van der Waals surface area contributed by atoms with E-state index in [0.29, 0.717) is 39.1 Å². The Hall–Kier alpha value is -3.03. The second-order valence-electron chi connectivity index (χ2n) is 7.81. The van der Waals surface area contributed by atoms with Gasteiger partial charge in [-0.2, -0.15) is 0 Å². The number of ketones is 1. The molecule has 0 atom stereocenters. The van der Waals surface area contributed by atoms with Crippen molar-refractivity contribution < 1.29 is 14.3 Å². The third kappa shape index (κ3) is 5.31. The average molecular weight is 479 g/mol. The summed E-state index contributed by atoms with van der Waals surface area (Å²) in [6.07, 6.45) is 5.18. The number of carbonyl (C=O) groups excluding carboxylic acids is 2. The first-order valence-electron chi connectivity index (χ1n) is 11.2. The summed E-state index contributed by atoms with van der Waals surface area (Å²) < 4.78 is 5.35. The van der Waals surface area contributed by atoms with E-state index >= 15 is 0 Å². The molecule has 4 rings (SSSR count). The Bertz CT molecular complexity index is 1170. The first-order chi connectivity index (χ1) is 16.1.